The van der Waals surface area contributed by atoms with E-state index in [1.807, 2.05) is 44.2 Å². The molecule has 0 fully saturated rings. The molecule has 0 saturated carbocycles. The van der Waals surface area contributed by atoms with E-state index in [2.05, 4.69) is 0 Å². The Hall–Kier alpha value is -1.15. The van der Waals surface area contributed by atoms with Crippen LogP contribution in [0.3, 0.4) is 0 Å². The third kappa shape index (κ3) is 2.02. The first-order valence-corrected chi connectivity index (χ1v) is 4.81. The van der Waals surface area contributed by atoms with Crippen LogP contribution in [0.4, 0.5) is 0 Å². The van der Waals surface area contributed by atoms with Gasteiger partial charge in [-0.3, -0.25) is 4.79 Å². The Labute approximate surface area is 85.1 Å². The average molecular weight is 191 g/mol. The lowest BCUT2D eigenvalue weighted by atomic mass is 9.78. The molecule has 0 saturated heterocycles. The monoisotopic (exact) mass is 191 g/mol. The molecule has 0 bridgehead atoms. The fourth-order valence-corrected chi connectivity index (χ4v) is 1.57. The molecule has 0 amide bonds. The molecule has 0 radical (unpaired) electrons. The van der Waals surface area contributed by atoms with Gasteiger partial charge in [0.1, 0.15) is 0 Å². The molecule has 1 unspecified atom stereocenters. The molecule has 76 valence electrons. The van der Waals surface area contributed by atoms with Gasteiger partial charge in [-0.15, -0.1) is 0 Å². The van der Waals surface area contributed by atoms with Crippen molar-refractivity contribution in [1.82, 2.24) is 0 Å². The number of rotatable bonds is 3. The number of ketones is 1. The Morgan fingerprint density at radius 1 is 1.29 bits per heavy atom. The summed E-state index contributed by atoms with van der Waals surface area (Å²) in [5.74, 6) is 0.0729. The normalized spacial score (nSPS) is 13.7. The van der Waals surface area contributed by atoms with Gasteiger partial charge in [-0.1, -0.05) is 30.3 Å². The highest BCUT2D eigenvalue weighted by molar-refractivity contribution is 5.93. The summed E-state index contributed by atoms with van der Waals surface area (Å²) >= 11 is 0. The van der Waals surface area contributed by atoms with Crippen molar-refractivity contribution in [2.24, 2.45) is 5.73 Å². The van der Waals surface area contributed by atoms with Gasteiger partial charge in [0.25, 0.3) is 0 Å². The van der Waals surface area contributed by atoms with Crippen LogP contribution in [-0.2, 0) is 10.2 Å². The van der Waals surface area contributed by atoms with Crippen molar-refractivity contribution in [2.75, 3.05) is 0 Å². The maximum absolute atomic E-state index is 11.8. The SMILES string of the molecule is CC(N)C(=O)C(C)(C)c1ccccc1. The second-order valence-electron chi connectivity index (χ2n) is 4.14. The second kappa shape index (κ2) is 3.93. The van der Waals surface area contributed by atoms with Gasteiger partial charge in [0.15, 0.2) is 5.78 Å². The van der Waals surface area contributed by atoms with Crippen LogP contribution in [-0.4, -0.2) is 11.8 Å². The predicted molar refractivity (Wildman–Crippen MR) is 58.1 cm³/mol. The number of carbonyl (C=O) groups is 1. The quantitative estimate of drug-likeness (QED) is 0.792. The number of hydrogen-bond acceptors (Lipinski definition) is 2. The first-order valence-electron chi connectivity index (χ1n) is 4.81. The van der Waals surface area contributed by atoms with Crippen LogP contribution in [0, 0.1) is 0 Å². The molecule has 2 heteroatoms. The van der Waals surface area contributed by atoms with E-state index in [0.29, 0.717) is 0 Å². The third-order valence-corrected chi connectivity index (χ3v) is 2.53. The smallest absolute Gasteiger partial charge is 0.159 e. The summed E-state index contributed by atoms with van der Waals surface area (Å²) in [6, 6.07) is 9.32. The van der Waals surface area contributed by atoms with Crippen molar-refractivity contribution in [3.8, 4) is 0 Å². The molecule has 0 aliphatic heterocycles. The lowest BCUT2D eigenvalue weighted by Gasteiger charge is -2.25. The van der Waals surface area contributed by atoms with Crippen LogP contribution in [0.2, 0.25) is 0 Å². The van der Waals surface area contributed by atoms with Crippen LogP contribution in [0.15, 0.2) is 30.3 Å². The maximum atomic E-state index is 11.8. The third-order valence-electron chi connectivity index (χ3n) is 2.53. The first-order chi connectivity index (χ1) is 6.46. The molecule has 0 aromatic heterocycles. The maximum Gasteiger partial charge on any atom is 0.159 e. The number of hydrogen-bond donors (Lipinski definition) is 1. The lowest BCUT2D eigenvalue weighted by Crippen LogP contribution is -2.41. The Morgan fingerprint density at radius 3 is 2.21 bits per heavy atom. The average Bonchev–Trinajstić information content (AvgIpc) is 2.18. The molecule has 0 aliphatic carbocycles. The zero-order valence-corrected chi connectivity index (χ0v) is 8.95. The minimum atomic E-state index is -0.491. The summed E-state index contributed by atoms with van der Waals surface area (Å²) in [4.78, 5) is 11.8. The Kier molecular flexibility index (Phi) is 3.06. The van der Waals surface area contributed by atoms with E-state index < -0.39 is 11.5 Å². The summed E-state index contributed by atoms with van der Waals surface area (Å²) in [6.45, 7) is 5.55. The standard InChI is InChI=1S/C12H17NO/c1-9(13)11(14)12(2,3)10-7-5-4-6-8-10/h4-9H,13H2,1-3H3. The van der Waals surface area contributed by atoms with Gasteiger partial charge in [0.05, 0.1) is 6.04 Å². The van der Waals surface area contributed by atoms with Crippen molar-refractivity contribution < 1.29 is 4.79 Å². The molecule has 2 N–H and O–H groups in total. The van der Waals surface area contributed by atoms with Crippen LogP contribution in [0.1, 0.15) is 26.3 Å². The summed E-state index contributed by atoms with van der Waals surface area (Å²) < 4.78 is 0. The van der Waals surface area contributed by atoms with E-state index in [1.54, 1.807) is 6.92 Å². The summed E-state index contributed by atoms with van der Waals surface area (Å²) in [7, 11) is 0. The fourth-order valence-electron chi connectivity index (χ4n) is 1.57. The minimum absolute atomic E-state index is 0.0729. The zero-order chi connectivity index (χ0) is 10.8. The van der Waals surface area contributed by atoms with E-state index >= 15 is 0 Å². The van der Waals surface area contributed by atoms with Gasteiger partial charge >= 0.3 is 0 Å². The van der Waals surface area contributed by atoms with Crippen LogP contribution < -0.4 is 5.73 Å². The number of nitrogens with two attached hydrogens (primary N) is 1. The molecular weight excluding hydrogens is 174 g/mol. The topological polar surface area (TPSA) is 43.1 Å². The molecule has 0 heterocycles. The Balaban J connectivity index is 3.02. The highest BCUT2D eigenvalue weighted by Crippen LogP contribution is 2.24. The van der Waals surface area contributed by atoms with Crippen molar-refractivity contribution >= 4 is 5.78 Å². The summed E-state index contributed by atoms with van der Waals surface area (Å²) in [5.41, 5.74) is 6.14. The van der Waals surface area contributed by atoms with Crippen LogP contribution in [0.5, 0.6) is 0 Å². The molecule has 0 spiro atoms. The van der Waals surface area contributed by atoms with E-state index in [-0.39, 0.29) is 5.78 Å². The molecular formula is C12H17NO. The molecule has 1 atom stereocenters. The molecule has 0 aliphatic rings. The van der Waals surface area contributed by atoms with E-state index in [4.69, 9.17) is 5.73 Å². The highest BCUT2D eigenvalue weighted by atomic mass is 16.1. The van der Waals surface area contributed by atoms with E-state index in [9.17, 15) is 4.79 Å². The van der Waals surface area contributed by atoms with Crippen molar-refractivity contribution in [1.29, 1.82) is 0 Å². The summed E-state index contributed by atoms with van der Waals surface area (Å²) in [6.07, 6.45) is 0. The first kappa shape index (κ1) is 10.9. The van der Waals surface area contributed by atoms with Crippen LogP contribution >= 0.6 is 0 Å². The predicted octanol–water partition coefficient (Wildman–Crippen LogP) is 1.88. The largest absolute Gasteiger partial charge is 0.322 e. The van der Waals surface area contributed by atoms with Crippen molar-refractivity contribution in [3.05, 3.63) is 35.9 Å². The van der Waals surface area contributed by atoms with Crippen molar-refractivity contribution in [3.63, 3.8) is 0 Å². The molecule has 14 heavy (non-hydrogen) atoms. The Morgan fingerprint density at radius 2 is 1.79 bits per heavy atom. The summed E-state index contributed by atoms with van der Waals surface area (Å²) in [5, 5.41) is 0. The molecule has 2 nitrogen and oxygen atoms in total. The van der Waals surface area contributed by atoms with Gasteiger partial charge in [-0.25, -0.2) is 0 Å². The lowest BCUT2D eigenvalue weighted by molar-refractivity contribution is -0.124. The van der Waals surface area contributed by atoms with Gasteiger partial charge in [-0.2, -0.15) is 0 Å². The second-order valence-corrected chi connectivity index (χ2v) is 4.14. The van der Waals surface area contributed by atoms with E-state index in [0.717, 1.165) is 5.56 Å². The molecule has 1 aromatic carbocycles. The highest BCUT2D eigenvalue weighted by Gasteiger charge is 2.31. The van der Waals surface area contributed by atoms with Crippen molar-refractivity contribution in [2.45, 2.75) is 32.2 Å². The minimum Gasteiger partial charge on any atom is -0.322 e. The number of benzene rings is 1. The van der Waals surface area contributed by atoms with Gasteiger partial charge in [-0.05, 0) is 26.3 Å². The van der Waals surface area contributed by atoms with Gasteiger partial charge in [0.2, 0.25) is 0 Å². The Bertz CT molecular complexity index is 314. The number of carbonyl (C=O) groups excluding carboxylic acids is 1. The van der Waals surface area contributed by atoms with E-state index in [1.165, 1.54) is 0 Å². The molecule has 1 aromatic rings. The van der Waals surface area contributed by atoms with Gasteiger partial charge in [0, 0.05) is 5.41 Å². The number of Topliss-reactive ketones (excluding diaryl/α,β-unsaturated/α-hetero) is 1. The van der Waals surface area contributed by atoms with Crippen LogP contribution in [0.25, 0.3) is 0 Å². The molecule has 1 rings (SSSR count). The fraction of sp³-hybridized carbons (Fsp3) is 0.417. The zero-order valence-electron chi connectivity index (χ0n) is 8.95. The van der Waals surface area contributed by atoms with Gasteiger partial charge < -0.3 is 5.73 Å².